The minimum Gasteiger partial charge on any atom is -0.355 e. The number of aryl methyl sites for hydroxylation is 2. The predicted octanol–water partition coefficient (Wildman–Crippen LogP) is -6.14. The van der Waals surface area contributed by atoms with Gasteiger partial charge in [0.1, 0.15) is 47.6 Å². The van der Waals surface area contributed by atoms with E-state index in [1.165, 1.54) is 0 Å². The zero-order chi connectivity index (χ0) is 106. The zero-order valence-electron chi connectivity index (χ0n) is 85.7. The number of nitrogens with zero attached hydrogens (tertiary/aromatic N) is 6. The average molecular weight is 2040 g/mol. The summed E-state index contributed by atoms with van der Waals surface area (Å²) in [7, 11) is 0. The number of carbonyl (C=O) groups excluding carboxylic acids is 14. The van der Waals surface area contributed by atoms with Crippen molar-refractivity contribution in [1.29, 1.82) is 0 Å². The lowest BCUT2D eigenvalue weighted by Crippen LogP contribution is -2.55. The molecule has 0 aromatic carbocycles. The molecule has 0 unspecified atom stereocenters. The Labute approximate surface area is 850 Å². The molecule has 0 bridgehead atoms. The maximum Gasteiger partial charge on any atom is 0.243 e. The Morgan fingerprint density at radius 1 is 0.201 bits per heavy atom. The van der Waals surface area contributed by atoms with Crippen LogP contribution >= 0.6 is 0 Å². The number of hydrogen-bond acceptors (Lipinski definition) is 34. The van der Waals surface area contributed by atoms with Gasteiger partial charge in [-0.3, -0.25) is 76.5 Å². The molecule has 50 heteroatoms. The predicted molar refractivity (Wildman–Crippen MR) is 553 cm³/mol. The van der Waals surface area contributed by atoms with Crippen molar-refractivity contribution < 1.29 is 67.1 Å². The van der Waals surface area contributed by atoms with Crippen LogP contribution in [0, 0.1) is 0 Å². The lowest BCUT2D eigenvalue weighted by molar-refractivity contribution is -0.132. The fraction of sp³-hybridized carbons (Fsp3) is 0.809. The molecule has 826 valence electrons. The van der Waals surface area contributed by atoms with Gasteiger partial charge in [-0.15, -0.1) is 10.2 Å². The molecule has 50 nitrogen and oxygen atoms in total. The fourth-order valence-corrected chi connectivity index (χ4v) is 15.5. The highest BCUT2D eigenvalue weighted by Crippen LogP contribution is 2.16. The van der Waals surface area contributed by atoms with Gasteiger partial charge in [-0.25, -0.2) is 0 Å². The first-order valence-corrected chi connectivity index (χ1v) is 52.8. The average Bonchev–Trinajstić information content (AvgIpc) is 1.59. The second-order valence-corrected chi connectivity index (χ2v) is 37.3. The van der Waals surface area contributed by atoms with Crippen molar-refractivity contribution in [3.63, 3.8) is 0 Å². The molecule has 0 fully saturated rings. The van der Waals surface area contributed by atoms with E-state index in [4.69, 9.17) is 91.7 Å². The third-order valence-corrected chi connectivity index (χ3v) is 24.6. The van der Waals surface area contributed by atoms with Crippen LogP contribution in [0.5, 0.6) is 0 Å². The minimum atomic E-state index is -1.20. The van der Waals surface area contributed by atoms with Crippen molar-refractivity contribution in [2.24, 2.45) is 91.7 Å². The van der Waals surface area contributed by atoms with Crippen LogP contribution in [0.1, 0.15) is 294 Å². The summed E-state index contributed by atoms with van der Waals surface area (Å²) in [5.41, 5.74) is 95.6. The van der Waals surface area contributed by atoms with Gasteiger partial charge in [0.2, 0.25) is 82.7 Å². The van der Waals surface area contributed by atoms with E-state index in [0.29, 0.717) is 282 Å². The second-order valence-electron chi connectivity index (χ2n) is 37.3. The van der Waals surface area contributed by atoms with E-state index in [9.17, 15) is 67.1 Å². The van der Waals surface area contributed by atoms with E-state index < -0.39 is 144 Å². The van der Waals surface area contributed by atoms with Gasteiger partial charge in [0.05, 0.1) is 73.8 Å². The molecule has 144 heavy (non-hydrogen) atoms. The molecule has 0 spiro atoms. The summed E-state index contributed by atoms with van der Waals surface area (Å²) in [5, 5.41) is 57.0. The molecular weight excluding hydrogens is 1860 g/mol. The molecular formula is C94H186N36O14. The Bertz CT molecular complexity index is 3650. The molecule has 2 aromatic heterocycles. The largest absolute Gasteiger partial charge is 0.355 e. The first kappa shape index (κ1) is 130. The molecule has 2 heterocycles. The molecule has 2 rings (SSSR count). The molecule has 0 saturated carbocycles. The molecule has 0 aliphatic rings. The number of nitrogens with one attached hydrogen (secondary N) is 14. The van der Waals surface area contributed by atoms with E-state index in [-0.39, 0.29) is 127 Å². The monoisotopic (exact) mass is 2040 g/mol. The van der Waals surface area contributed by atoms with Crippen LogP contribution in [0.4, 0.5) is 0 Å². The highest BCUT2D eigenvalue weighted by Gasteiger charge is 2.33. The van der Waals surface area contributed by atoms with Crippen LogP contribution in [0.25, 0.3) is 0 Å². The second kappa shape index (κ2) is 82.3. The zero-order valence-corrected chi connectivity index (χ0v) is 85.7. The summed E-state index contributed by atoms with van der Waals surface area (Å²) in [6, 6.07) is -13.3. The van der Waals surface area contributed by atoms with Crippen molar-refractivity contribution in [3.05, 3.63) is 23.8 Å². The molecule has 0 aliphatic carbocycles. The lowest BCUT2D eigenvalue weighted by atomic mass is 10.0. The smallest absolute Gasteiger partial charge is 0.243 e. The summed E-state index contributed by atoms with van der Waals surface area (Å²) in [5.74, 6) is -6.99. The molecule has 14 atom stereocenters. The summed E-state index contributed by atoms with van der Waals surface area (Å²) in [6.07, 6.45) is 23.3. The Morgan fingerprint density at radius 3 is 0.569 bits per heavy atom. The van der Waals surface area contributed by atoms with Gasteiger partial charge in [0.15, 0.2) is 0 Å². The van der Waals surface area contributed by atoms with Gasteiger partial charge in [-0.2, -0.15) is 0 Å². The lowest BCUT2D eigenvalue weighted by Gasteiger charge is -2.24. The Balaban J connectivity index is 2.44. The molecule has 46 N–H and O–H groups in total. The van der Waals surface area contributed by atoms with Gasteiger partial charge in [-0.1, -0.05) is 61.8 Å². The van der Waals surface area contributed by atoms with E-state index in [1.807, 2.05) is 0 Å². The highest BCUT2D eigenvalue weighted by atomic mass is 16.2. The van der Waals surface area contributed by atoms with Crippen molar-refractivity contribution in [2.45, 2.75) is 393 Å². The van der Waals surface area contributed by atoms with Gasteiger partial charge in [0.25, 0.3) is 0 Å². The Hall–Kier alpha value is -9.78. The third kappa shape index (κ3) is 61.0. The maximum absolute atomic E-state index is 14.6. The highest BCUT2D eigenvalue weighted by molar-refractivity contribution is 5.95. The Morgan fingerprint density at radius 2 is 0.368 bits per heavy atom. The molecule has 0 aliphatic heterocycles. The van der Waals surface area contributed by atoms with Crippen molar-refractivity contribution >= 4 is 82.7 Å². The minimum absolute atomic E-state index is 0.0478. The van der Waals surface area contributed by atoms with Crippen LogP contribution < -0.4 is 166 Å². The van der Waals surface area contributed by atoms with Crippen molar-refractivity contribution in [2.75, 3.05) is 91.6 Å². The number of hydrogen-bond donors (Lipinski definition) is 30. The van der Waals surface area contributed by atoms with E-state index >= 15 is 0 Å². The van der Waals surface area contributed by atoms with Crippen LogP contribution in [0.2, 0.25) is 0 Å². The van der Waals surface area contributed by atoms with Gasteiger partial charge >= 0.3 is 0 Å². The number of amides is 14. The quantitative estimate of drug-likeness (QED) is 0.0274. The molecule has 0 radical (unpaired) electrons. The Kier molecular flexibility index (Phi) is 74.5. The molecule has 0 saturated heterocycles. The van der Waals surface area contributed by atoms with Crippen LogP contribution in [0.3, 0.4) is 0 Å². The summed E-state index contributed by atoms with van der Waals surface area (Å²) >= 11 is 0. The van der Waals surface area contributed by atoms with Crippen LogP contribution in [0.15, 0.2) is 12.4 Å². The maximum atomic E-state index is 14.6. The standard InChI is InChI=1S/C94H186N36O14/c95-45-15-1-31-67(103)81(131)111-53-23-9-39-75(119-85(135)71(107)35-5-19-49-99)89(139)115-57-27-11-41-77(123-93(143)79(121-87(137)73(109)37-7-21-51-101)43-13-25-55-113-83(133)69(105)33-3-17-47-97)91(141)117-61-65-63-129(127-125-65)59-29-30-60-130-64-66(126-128-130)62-118-92(142)78(124-94(144)80(122-88(138)74(110)38-8-22-52-102)44-14-26-56-114-84(134)70(106)34-4-18-48-98)42-12-28-58-116-90(140)76(120-86(136)72(108)36-6-20-50-100)40-10-24-54-112-82(132)68(104)32-2-16-46-96/h63-64,67-80H,1-62,95-110H2,(H,111,131)(H,112,132)(H,113,133)(H,114,134)(H,115,139)(H,116,140)(H,117,141)(H,118,142)(H,119,135)(H,120,136)(H,121,137)(H,122,138)(H,123,143)(H,124,144)/t67-,68-,69-,70-,71-,72-,73-,74-,75-,76-,77-,78-,79-,80-/m0/s1. The van der Waals surface area contributed by atoms with Gasteiger partial charge < -0.3 is 166 Å². The topological polar surface area (TPSA) is 885 Å². The van der Waals surface area contributed by atoms with Gasteiger partial charge in [0, 0.05) is 52.4 Å². The first-order chi connectivity index (χ1) is 69.3. The summed E-state index contributed by atoms with van der Waals surface area (Å²) in [4.78, 5) is 191. The van der Waals surface area contributed by atoms with E-state index in [0.717, 1.165) is 25.7 Å². The SMILES string of the molecule is NCCCC[C@H](N)C(=O)NCCCC[C@H](NC(=O)[C@@H](N)CCCCN)C(=O)NCCCC[C@H](NC(=O)[C@H](CCCCNC(=O)[C@@H](N)CCCCN)NC(=O)[C@@H](N)CCCCN)C(=O)NCc1cn(CCCCn2cc(CNC(=O)[C@H](CCCCNC(=O)[C@H](CCCCNC(=O)[C@@H](N)CCCCN)NC(=O)[C@@H](N)CCCCN)NC(=O)[C@H](CCCCNC(=O)[C@@H](N)CCCCN)NC(=O)[C@@H](N)CCCCN)nn2)nn1. The summed E-state index contributed by atoms with van der Waals surface area (Å²) < 4.78 is 3.20. The molecule has 14 amide bonds. The third-order valence-electron chi connectivity index (χ3n) is 24.6. The van der Waals surface area contributed by atoms with E-state index in [2.05, 4.69) is 95.1 Å². The first-order valence-electron chi connectivity index (χ1n) is 52.8. The number of carbonyl (C=O) groups is 14. The van der Waals surface area contributed by atoms with Crippen molar-refractivity contribution in [3.8, 4) is 0 Å². The normalized spacial score (nSPS) is 14.3. The van der Waals surface area contributed by atoms with E-state index in [1.54, 1.807) is 21.8 Å². The fourth-order valence-electron chi connectivity index (χ4n) is 15.5. The van der Waals surface area contributed by atoms with Crippen LogP contribution in [-0.4, -0.2) is 289 Å². The van der Waals surface area contributed by atoms with Crippen LogP contribution in [-0.2, 0) is 93.3 Å². The number of aromatic nitrogens is 6. The number of nitrogens with two attached hydrogens (primary N) is 16. The van der Waals surface area contributed by atoms with Crippen molar-refractivity contribution in [1.82, 2.24) is 104 Å². The van der Waals surface area contributed by atoms with Gasteiger partial charge in [-0.05, 0) is 284 Å². The molecule has 2 aromatic rings. The number of rotatable bonds is 91. The summed E-state index contributed by atoms with van der Waals surface area (Å²) in [6.45, 7) is 5.30. The number of unbranched alkanes of at least 4 members (excludes halogenated alkanes) is 15.